The number of amides is 3. The largest absolute Gasteiger partial charge is 0.497 e. The number of rotatable bonds is 6. The summed E-state index contributed by atoms with van der Waals surface area (Å²) in [5, 5.41) is 9.33. The highest BCUT2D eigenvalue weighted by Gasteiger charge is 2.74. The maximum Gasteiger partial charge on any atom is 0.253 e. The number of carbonyl (C=O) groups is 3. The summed E-state index contributed by atoms with van der Waals surface area (Å²) in [4.78, 5) is 46.7. The summed E-state index contributed by atoms with van der Waals surface area (Å²) in [6.07, 6.45) is 8.52. The van der Waals surface area contributed by atoms with Crippen molar-refractivity contribution in [1.29, 1.82) is 0 Å². The summed E-state index contributed by atoms with van der Waals surface area (Å²) in [5.74, 6) is -1.56. The van der Waals surface area contributed by atoms with E-state index < -0.39 is 29.1 Å². The Hall–Kier alpha value is -3.17. The van der Waals surface area contributed by atoms with E-state index in [9.17, 15) is 19.5 Å². The van der Waals surface area contributed by atoms with Crippen LogP contribution in [0.2, 0.25) is 0 Å². The molecule has 0 aromatic heterocycles. The topological polar surface area (TPSA) is 99.6 Å². The van der Waals surface area contributed by atoms with E-state index in [1.54, 1.807) is 41.0 Å². The Morgan fingerprint density at radius 3 is 2.42 bits per heavy atom. The molecule has 4 aliphatic heterocycles. The van der Waals surface area contributed by atoms with Crippen LogP contribution in [0.1, 0.15) is 19.8 Å². The SMILES string of the molecule is COc1ccc(N2CC=C[C@]34O[C@@]5(C)C=CCN(C)C(=O)[C@H]5[C@H]3C(=O)N(CCCCO)C4C2=O)cc1. The van der Waals surface area contributed by atoms with Gasteiger partial charge in [-0.05, 0) is 44.0 Å². The number of methoxy groups -OCH3 is 1. The summed E-state index contributed by atoms with van der Waals surface area (Å²) < 4.78 is 12.0. The third kappa shape index (κ3) is 3.56. The molecule has 0 aliphatic carbocycles. The molecule has 0 saturated carbocycles. The number of ether oxygens (including phenoxy) is 2. The van der Waals surface area contributed by atoms with E-state index in [1.165, 1.54) is 0 Å². The van der Waals surface area contributed by atoms with Crippen molar-refractivity contribution in [2.45, 2.75) is 37.0 Å². The van der Waals surface area contributed by atoms with Gasteiger partial charge < -0.3 is 29.3 Å². The fourth-order valence-electron chi connectivity index (χ4n) is 6.27. The molecular formula is C27H33N3O6. The molecule has 1 aromatic carbocycles. The van der Waals surface area contributed by atoms with Gasteiger partial charge in [0.1, 0.15) is 17.4 Å². The molecule has 36 heavy (non-hydrogen) atoms. The molecule has 192 valence electrons. The number of aliphatic hydroxyl groups is 1. The minimum Gasteiger partial charge on any atom is -0.497 e. The number of likely N-dealkylation sites (N-methyl/N-ethyl adjacent to an activating group) is 1. The lowest BCUT2D eigenvalue weighted by Crippen LogP contribution is -2.56. The molecule has 2 saturated heterocycles. The number of anilines is 1. The van der Waals surface area contributed by atoms with Crippen LogP contribution in [0.15, 0.2) is 48.6 Å². The molecule has 1 aromatic rings. The normalized spacial score (nSPS) is 33.4. The van der Waals surface area contributed by atoms with Gasteiger partial charge in [-0.15, -0.1) is 0 Å². The van der Waals surface area contributed by atoms with Gasteiger partial charge in [-0.2, -0.15) is 0 Å². The van der Waals surface area contributed by atoms with Crippen molar-refractivity contribution in [1.82, 2.24) is 9.80 Å². The van der Waals surface area contributed by atoms with Gasteiger partial charge in [0, 0.05) is 39.0 Å². The minimum absolute atomic E-state index is 0.00162. The number of carbonyl (C=O) groups excluding carboxylic acids is 3. The lowest BCUT2D eigenvalue weighted by atomic mass is 9.74. The van der Waals surface area contributed by atoms with Gasteiger partial charge in [0.25, 0.3) is 5.91 Å². The molecule has 0 bridgehead atoms. The Kier molecular flexibility index (Phi) is 6.16. The van der Waals surface area contributed by atoms with Gasteiger partial charge in [0.05, 0.1) is 24.5 Å². The third-order valence-corrected chi connectivity index (χ3v) is 7.95. The van der Waals surface area contributed by atoms with Gasteiger partial charge in [0.2, 0.25) is 11.8 Å². The Bertz CT molecular complexity index is 1120. The number of likely N-dealkylation sites (tertiary alicyclic amines) is 1. The molecule has 0 radical (unpaired) electrons. The number of fused-ring (bicyclic) bond motifs is 2. The van der Waals surface area contributed by atoms with Gasteiger partial charge in [0.15, 0.2) is 0 Å². The number of hydrogen-bond donors (Lipinski definition) is 1. The van der Waals surface area contributed by atoms with E-state index in [2.05, 4.69) is 0 Å². The Morgan fingerprint density at radius 1 is 1.00 bits per heavy atom. The van der Waals surface area contributed by atoms with E-state index in [0.29, 0.717) is 43.9 Å². The first-order chi connectivity index (χ1) is 17.3. The Labute approximate surface area is 210 Å². The van der Waals surface area contributed by atoms with Gasteiger partial charge >= 0.3 is 0 Å². The van der Waals surface area contributed by atoms with E-state index in [0.717, 1.165) is 0 Å². The second-order valence-corrected chi connectivity index (χ2v) is 10.1. The van der Waals surface area contributed by atoms with Crippen molar-refractivity contribution < 1.29 is 29.0 Å². The summed E-state index contributed by atoms with van der Waals surface area (Å²) in [5.41, 5.74) is -1.60. The van der Waals surface area contributed by atoms with Crippen LogP contribution in [0, 0.1) is 11.8 Å². The number of aliphatic hydroxyl groups excluding tert-OH is 1. The number of benzene rings is 1. The van der Waals surface area contributed by atoms with Crippen molar-refractivity contribution in [3.05, 3.63) is 48.6 Å². The molecule has 5 atom stereocenters. The maximum absolute atomic E-state index is 14.2. The summed E-state index contributed by atoms with van der Waals surface area (Å²) in [6.45, 7) is 2.88. The van der Waals surface area contributed by atoms with E-state index in [1.807, 2.05) is 43.4 Å². The first kappa shape index (κ1) is 24.5. The molecule has 1 N–H and O–H groups in total. The highest BCUT2D eigenvalue weighted by Crippen LogP contribution is 2.57. The molecule has 1 unspecified atom stereocenters. The fourth-order valence-corrected chi connectivity index (χ4v) is 6.27. The standard InChI is InChI=1S/C27H33N3O6/c1-26-12-6-14-28(2)23(32)20(26)21-24(33)30(15-4-5-17-31)22-25(34)29(16-7-13-27(21,22)36-26)18-8-10-19(35-3)11-9-18/h6-13,20-22,31H,4-5,14-17H2,1-3H3/t20-,21+,22?,26+,27+/m1/s1. The summed E-state index contributed by atoms with van der Waals surface area (Å²) >= 11 is 0. The van der Waals surface area contributed by atoms with Crippen LogP contribution in [0.25, 0.3) is 0 Å². The Morgan fingerprint density at radius 2 is 1.72 bits per heavy atom. The van der Waals surface area contributed by atoms with E-state index in [4.69, 9.17) is 9.47 Å². The lowest BCUT2D eigenvalue weighted by molar-refractivity contribution is -0.148. The van der Waals surface area contributed by atoms with Crippen LogP contribution in [-0.4, -0.2) is 90.3 Å². The van der Waals surface area contributed by atoms with Crippen molar-refractivity contribution in [2.24, 2.45) is 11.8 Å². The first-order valence-corrected chi connectivity index (χ1v) is 12.4. The van der Waals surface area contributed by atoms with Crippen LogP contribution < -0.4 is 9.64 Å². The average molecular weight is 496 g/mol. The molecule has 4 aliphatic rings. The molecule has 9 nitrogen and oxygen atoms in total. The third-order valence-electron chi connectivity index (χ3n) is 7.95. The minimum atomic E-state index is -1.27. The van der Waals surface area contributed by atoms with Gasteiger partial charge in [-0.1, -0.05) is 24.3 Å². The molecule has 4 heterocycles. The second-order valence-electron chi connectivity index (χ2n) is 10.1. The molecule has 3 amide bonds. The van der Waals surface area contributed by atoms with Crippen molar-refractivity contribution in [2.75, 3.05) is 45.3 Å². The number of unbranched alkanes of at least 4 members (excludes halogenated alkanes) is 1. The molecular weight excluding hydrogens is 462 g/mol. The second kappa shape index (κ2) is 9.05. The van der Waals surface area contributed by atoms with Crippen molar-refractivity contribution in [3.8, 4) is 5.75 Å². The van der Waals surface area contributed by atoms with E-state index >= 15 is 0 Å². The monoisotopic (exact) mass is 495 g/mol. The first-order valence-electron chi connectivity index (χ1n) is 12.4. The number of hydrogen-bond acceptors (Lipinski definition) is 6. The highest BCUT2D eigenvalue weighted by molar-refractivity contribution is 6.06. The Balaban J connectivity index is 1.60. The smallest absolute Gasteiger partial charge is 0.253 e. The van der Waals surface area contributed by atoms with Crippen LogP contribution in [-0.2, 0) is 19.1 Å². The zero-order valence-electron chi connectivity index (χ0n) is 20.9. The van der Waals surface area contributed by atoms with Crippen LogP contribution in [0.5, 0.6) is 5.75 Å². The molecule has 2 fully saturated rings. The molecule has 9 heteroatoms. The van der Waals surface area contributed by atoms with Crippen LogP contribution >= 0.6 is 0 Å². The quantitative estimate of drug-likeness (QED) is 0.473. The van der Waals surface area contributed by atoms with Crippen LogP contribution in [0.3, 0.4) is 0 Å². The summed E-state index contributed by atoms with van der Waals surface area (Å²) in [7, 11) is 3.30. The van der Waals surface area contributed by atoms with Gasteiger partial charge in [-0.3, -0.25) is 14.4 Å². The zero-order chi connectivity index (χ0) is 25.7. The van der Waals surface area contributed by atoms with Crippen molar-refractivity contribution in [3.63, 3.8) is 0 Å². The highest BCUT2D eigenvalue weighted by atomic mass is 16.5. The molecule has 1 spiro atoms. The van der Waals surface area contributed by atoms with E-state index in [-0.39, 0.29) is 24.3 Å². The average Bonchev–Trinajstić information content (AvgIpc) is 3.14. The fraction of sp³-hybridized carbons (Fsp3) is 0.519. The van der Waals surface area contributed by atoms with Crippen LogP contribution in [0.4, 0.5) is 5.69 Å². The van der Waals surface area contributed by atoms with Crippen molar-refractivity contribution >= 4 is 23.4 Å². The number of nitrogens with zero attached hydrogens (tertiary/aromatic N) is 3. The lowest BCUT2D eigenvalue weighted by Gasteiger charge is -2.37. The predicted octanol–water partition coefficient (Wildman–Crippen LogP) is 1.37. The van der Waals surface area contributed by atoms with Gasteiger partial charge in [-0.25, -0.2) is 0 Å². The molecule has 5 rings (SSSR count). The zero-order valence-corrected chi connectivity index (χ0v) is 20.9. The summed E-state index contributed by atoms with van der Waals surface area (Å²) in [6, 6.07) is 6.28. The maximum atomic E-state index is 14.2. The predicted molar refractivity (Wildman–Crippen MR) is 132 cm³/mol.